The van der Waals surface area contributed by atoms with Crippen molar-refractivity contribution in [2.24, 2.45) is 0 Å². The highest BCUT2D eigenvalue weighted by atomic mass is 32.1. The van der Waals surface area contributed by atoms with Gasteiger partial charge in [-0.25, -0.2) is 4.98 Å². The maximum absolute atomic E-state index is 12.6. The molecular weight excluding hydrogens is 414 g/mol. The number of carbonyl (C=O) groups is 2. The van der Waals surface area contributed by atoms with E-state index in [0.717, 1.165) is 16.7 Å². The molecule has 0 bridgehead atoms. The average molecular weight is 436 g/mol. The highest BCUT2D eigenvalue weighted by Gasteiger charge is 2.20. The quantitative estimate of drug-likeness (QED) is 0.445. The van der Waals surface area contributed by atoms with E-state index in [2.05, 4.69) is 15.8 Å². The lowest BCUT2D eigenvalue weighted by Crippen LogP contribution is -2.41. The smallest absolute Gasteiger partial charge is 0.305 e. The van der Waals surface area contributed by atoms with Gasteiger partial charge in [-0.2, -0.15) is 0 Å². The lowest BCUT2D eigenvalue weighted by molar-refractivity contribution is 0.0833. The molecule has 2 aromatic heterocycles. The van der Waals surface area contributed by atoms with Crippen LogP contribution < -0.4 is 15.6 Å². The second-order valence-electron chi connectivity index (χ2n) is 6.85. The van der Waals surface area contributed by atoms with Crippen LogP contribution in [0.1, 0.15) is 38.4 Å². The second kappa shape index (κ2) is 8.61. The van der Waals surface area contributed by atoms with Gasteiger partial charge in [-0.3, -0.25) is 20.4 Å². The SMILES string of the molecule is CCOc1ccc(-c2nc(C)c(C(=O)NNC(=O)c3oc4ccccc4c3C)s2)cc1. The topological polar surface area (TPSA) is 93.5 Å². The van der Waals surface area contributed by atoms with E-state index in [-0.39, 0.29) is 5.76 Å². The lowest BCUT2D eigenvalue weighted by Gasteiger charge is -2.05. The summed E-state index contributed by atoms with van der Waals surface area (Å²) in [7, 11) is 0. The summed E-state index contributed by atoms with van der Waals surface area (Å²) in [5.41, 5.74) is 7.69. The van der Waals surface area contributed by atoms with E-state index < -0.39 is 11.8 Å². The van der Waals surface area contributed by atoms with E-state index in [1.165, 1.54) is 11.3 Å². The van der Waals surface area contributed by atoms with Crippen molar-refractivity contribution >= 4 is 34.1 Å². The van der Waals surface area contributed by atoms with Gasteiger partial charge in [0.25, 0.3) is 5.91 Å². The molecule has 4 rings (SSSR count). The Hall–Kier alpha value is -3.65. The number of rotatable bonds is 5. The van der Waals surface area contributed by atoms with Gasteiger partial charge in [0.15, 0.2) is 5.76 Å². The standard InChI is InChI=1S/C23H21N3O4S/c1-4-29-16-11-9-15(10-12-16)23-24-14(3)20(31-23)22(28)26-25-21(27)19-13(2)17-7-5-6-8-18(17)30-19/h5-12H,4H2,1-3H3,(H,25,27)(H,26,28). The summed E-state index contributed by atoms with van der Waals surface area (Å²) in [6, 6.07) is 14.9. The minimum atomic E-state index is -0.518. The molecule has 0 fully saturated rings. The molecule has 0 radical (unpaired) electrons. The number of amides is 2. The normalized spacial score (nSPS) is 10.8. The Bertz CT molecular complexity index is 1260. The number of thiazole rings is 1. The Morgan fingerprint density at radius 3 is 2.45 bits per heavy atom. The summed E-state index contributed by atoms with van der Waals surface area (Å²) in [6.45, 7) is 6.09. The molecule has 4 aromatic rings. The van der Waals surface area contributed by atoms with E-state index in [1.54, 1.807) is 19.9 Å². The molecule has 2 N–H and O–H groups in total. The summed E-state index contributed by atoms with van der Waals surface area (Å²) in [5.74, 6) is -0.0102. The predicted octanol–water partition coefficient (Wildman–Crippen LogP) is 4.65. The molecule has 158 valence electrons. The number of carbonyl (C=O) groups excluding carboxylic acids is 2. The van der Waals surface area contributed by atoms with Crippen LogP contribution in [-0.4, -0.2) is 23.4 Å². The number of aromatic nitrogens is 1. The highest BCUT2D eigenvalue weighted by Crippen LogP contribution is 2.29. The number of hydrogen-bond donors (Lipinski definition) is 2. The van der Waals surface area contributed by atoms with Crippen molar-refractivity contribution in [3.8, 4) is 16.3 Å². The first kappa shape index (κ1) is 20.6. The van der Waals surface area contributed by atoms with Crippen molar-refractivity contribution in [3.63, 3.8) is 0 Å². The molecule has 0 saturated carbocycles. The largest absolute Gasteiger partial charge is 0.494 e. The lowest BCUT2D eigenvalue weighted by atomic mass is 10.1. The average Bonchev–Trinajstić information content (AvgIpc) is 3.33. The van der Waals surface area contributed by atoms with Crippen LogP contribution in [0, 0.1) is 13.8 Å². The van der Waals surface area contributed by atoms with Crippen LogP contribution >= 0.6 is 11.3 Å². The van der Waals surface area contributed by atoms with Gasteiger partial charge in [0, 0.05) is 16.5 Å². The van der Waals surface area contributed by atoms with Crippen molar-refractivity contribution in [2.45, 2.75) is 20.8 Å². The van der Waals surface area contributed by atoms with Gasteiger partial charge in [0.1, 0.15) is 21.2 Å². The number of hydrazine groups is 1. The van der Waals surface area contributed by atoms with Crippen molar-refractivity contribution in [3.05, 3.63) is 70.4 Å². The number of furan rings is 1. The maximum atomic E-state index is 12.6. The third kappa shape index (κ3) is 4.15. The highest BCUT2D eigenvalue weighted by molar-refractivity contribution is 7.17. The van der Waals surface area contributed by atoms with Crippen molar-refractivity contribution < 1.29 is 18.7 Å². The van der Waals surface area contributed by atoms with Gasteiger partial charge < -0.3 is 9.15 Å². The number of nitrogens with zero attached hydrogens (tertiary/aromatic N) is 1. The first-order valence-electron chi connectivity index (χ1n) is 9.77. The summed E-state index contributed by atoms with van der Waals surface area (Å²) >= 11 is 1.26. The molecule has 8 heteroatoms. The number of aryl methyl sites for hydroxylation is 2. The Morgan fingerprint density at radius 2 is 1.74 bits per heavy atom. The predicted molar refractivity (Wildman–Crippen MR) is 119 cm³/mol. The Kier molecular flexibility index (Phi) is 5.73. The summed E-state index contributed by atoms with van der Waals surface area (Å²) in [4.78, 5) is 30.1. The second-order valence-corrected chi connectivity index (χ2v) is 7.85. The zero-order valence-corrected chi connectivity index (χ0v) is 18.1. The van der Waals surface area contributed by atoms with Crippen LogP contribution in [0.2, 0.25) is 0 Å². The minimum absolute atomic E-state index is 0.164. The summed E-state index contributed by atoms with van der Waals surface area (Å²) in [5, 5.41) is 1.57. The van der Waals surface area contributed by atoms with Crippen LogP contribution in [0.25, 0.3) is 21.5 Å². The first-order chi connectivity index (χ1) is 15.0. The zero-order chi connectivity index (χ0) is 22.0. The van der Waals surface area contributed by atoms with Gasteiger partial charge in [-0.1, -0.05) is 18.2 Å². The van der Waals surface area contributed by atoms with Gasteiger partial charge in [-0.05, 0) is 51.1 Å². The van der Waals surface area contributed by atoms with E-state index in [1.807, 2.05) is 49.4 Å². The molecule has 0 aliphatic carbocycles. The number of ether oxygens (including phenoxy) is 1. The third-order valence-corrected chi connectivity index (χ3v) is 5.96. The molecule has 0 unspecified atom stereocenters. The van der Waals surface area contributed by atoms with Gasteiger partial charge in [0.05, 0.1) is 12.3 Å². The molecule has 2 amide bonds. The maximum Gasteiger partial charge on any atom is 0.305 e. The van der Waals surface area contributed by atoms with Crippen LogP contribution in [0.5, 0.6) is 5.75 Å². The monoisotopic (exact) mass is 435 g/mol. The fourth-order valence-corrected chi connectivity index (χ4v) is 4.18. The molecule has 0 atom stereocenters. The Balaban J connectivity index is 1.46. The molecule has 2 aromatic carbocycles. The zero-order valence-electron chi connectivity index (χ0n) is 17.3. The summed E-state index contributed by atoms with van der Waals surface area (Å²) < 4.78 is 11.1. The molecule has 0 aliphatic heterocycles. The Morgan fingerprint density at radius 1 is 1.03 bits per heavy atom. The number of fused-ring (bicyclic) bond motifs is 1. The van der Waals surface area contributed by atoms with Crippen LogP contribution in [-0.2, 0) is 0 Å². The molecular formula is C23H21N3O4S. The number of hydrogen-bond acceptors (Lipinski definition) is 6. The molecule has 0 spiro atoms. The van der Waals surface area contributed by atoms with Crippen molar-refractivity contribution in [1.29, 1.82) is 0 Å². The number of nitrogens with one attached hydrogen (secondary N) is 2. The van der Waals surface area contributed by atoms with Crippen LogP contribution in [0.4, 0.5) is 0 Å². The summed E-state index contributed by atoms with van der Waals surface area (Å²) in [6.07, 6.45) is 0. The van der Waals surface area contributed by atoms with Crippen molar-refractivity contribution in [1.82, 2.24) is 15.8 Å². The van der Waals surface area contributed by atoms with Gasteiger partial charge >= 0.3 is 5.91 Å². The third-order valence-electron chi connectivity index (χ3n) is 4.75. The fraction of sp³-hybridized carbons (Fsp3) is 0.174. The first-order valence-corrected chi connectivity index (χ1v) is 10.6. The van der Waals surface area contributed by atoms with E-state index in [9.17, 15) is 9.59 Å². The molecule has 7 nitrogen and oxygen atoms in total. The van der Waals surface area contributed by atoms with Crippen LogP contribution in [0.15, 0.2) is 52.9 Å². The fourth-order valence-electron chi connectivity index (χ4n) is 3.21. The Labute approximate surface area is 183 Å². The van der Waals surface area contributed by atoms with E-state index in [0.29, 0.717) is 33.3 Å². The van der Waals surface area contributed by atoms with Gasteiger partial charge in [-0.15, -0.1) is 11.3 Å². The van der Waals surface area contributed by atoms with E-state index in [4.69, 9.17) is 9.15 Å². The number of para-hydroxylation sites is 1. The minimum Gasteiger partial charge on any atom is -0.494 e. The van der Waals surface area contributed by atoms with Crippen molar-refractivity contribution in [2.75, 3.05) is 6.61 Å². The molecule has 0 aliphatic rings. The van der Waals surface area contributed by atoms with E-state index >= 15 is 0 Å². The molecule has 2 heterocycles. The molecule has 31 heavy (non-hydrogen) atoms. The molecule has 0 saturated heterocycles. The van der Waals surface area contributed by atoms with Crippen LogP contribution in [0.3, 0.4) is 0 Å². The van der Waals surface area contributed by atoms with Gasteiger partial charge in [0.2, 0.25) is 0 Å². The number of benzene rings is 2.